The number of nitrogens with one attached hydrogen (secondary N) is 2. The second kappa shape index (κ2) is 1.77. The van der Waals surface area contributed by atoms with Gasteiger partial charge in [-0.1, -0.05) is 0 Å². The number of hydrogen-bond acceptors (Lipinski definition) is 5. The lowest BCUT2D eigenvalue weighted by atomic mass is 10.2. The molecule has 2 heterocycles. The third-order valence-electron chi connectivity index (χ3n) is 1.69. The van der Waals surface area contributed by atoms with Crippen LogP contribution < -0.4 is 10.6 Å². The highest BCUT2D eigenvalue weighted by Crippen LogP contribution is 2.11. The first-order valence-corrected chi connectivity index (χ1v) is 3.01. The monoisotopic (exact) mass is 142 g/mol. The fraction of sp³-hybridized carbons (Fsp3) is 0.600. The quantitative estimate of drug-likeness (QED) is 0.301. The van der Waals surface area contributed by atoms with Crippen LogP contribution in [0, 0.1) is 0 Å². The van der Waals surface area contributed by atoms with E-state index < -0.39 is 24.0 Å². The van der Waals surface area contributed by atoms with Gasteiger partial charge in [-0.05, 0) is 0 Å². The molecule has 0 aromatic heterocycles. The van der Waals surface area contributed by atoms with Gasteiger partial charge in [-0.25, -0.2) is 9.59 Å². The maximum Gasteiger partial charge on any atom is 0.333 e. The third-order valence-corrected chi connectivity index (χ3v) is 1.69. The summed E-state index contributed by atoms with van der Waals surface area (Å²) in [5.74, 6) is -0.944. The lowest BCUT2D eigenvalue weighted by Gasteiger charge is -1.96. The van der Waals surface area contributed by atoms with E-state index in [-0.39, 0.29) is 0 Å². The van der Waals surface area contributed by atoms with Crippen LogP contribution in [0.25, 0.3) is 0 Å². The van der Waals surface area contributed by atoms with Crippen LogP contribution in [-0.2, 0) is 14.3 Å². The molecule has 2 unspecified atom stereocenters. The van der Waals surface area contributed by atoms with E-state index in [4.69, 9.17) is 0 Å². The molecule has 10 heavy (non-hydrogen) atoms. The summed E-state index contributed by atoms with van der Waals surface area (Å²) >= 11 is 0. The fourth-order valence-corrected chi connectivity index (χ4v) is 1.18. The van der Waals surface area contributed by atoms with Crippen LogP contribution in [-0.4, -0.2) is 30.7 Å². The first-order valence-electron chi connectivity index (χ1n) is 3.01. The second-order valence-electron chi connectivity index (χ2n) is 2.28. The maximum absolute atomic E-state index is 10.7. The van der Waals surface area contributed by atoms with Crippen LogP contribution >= 0.6 is 0 Å². The number of cyclic esters (lactones) is 2. The molecule has 5 nitrogen and oxygen atoms in total. The summed E-state index contributed by atoms with van der Waals surface area (Å²) in [7, 11) is 0. The fourth-order valence-electron chi connectivity index (χ4n) is 1.18. The molecule has 2 saturated heterocycles. The standard InChI is InChI=1S/C5H6N2O3/c8-4-2-3(5(9)10-4)7-1-6-2/h2-3,6-7H,1H2. The maximum atomic E-state index is 10.7. The van der Waals surface area contributed by atoms with Crippen molar-refractivity contribution in [2.45, 2.75) is 12.1 Å². The van der Waals surface area contributed by atoms with E-state index in [1.54, 1.807) is 0 Å². The normalized spacial score (nSPS) is 38.0. The summed E-state index contributed by atoms with van der Waals surface area (Å²) in [5.41, 5.74) is 0. The van der Waals surface area contributed by atoms with Crippen LogP contribution in [0.15, 0.2) is 0 Å². The average Bonchev–Trinajstić information content (AvgIpc) is 2.39. The lowest BCUT2D eigenvalue weighted by molar-refractivity contribution is -0.153. The molecule has 0 aromatic rings. The summed E-state index contributed by atoms with van der Waals surface area (Å²) in [6.45, 7) is 0.496. The number of rotatable bonds is 0. The van der Waals surface area contributed by atoms with Gasteiger partial charge in [0.05, 0.1) is 0 Å². The zero-order valence-electron chi connectivity index (χ0n) is 5.09. The predicted octanol–water partition coefficient (Wildman–Crippen LogP) is -2.04. The number of fused-ring (bicyclic) bond motifs is 1. The molecule has 0 radical (unpaired) electrons. The van der Waals surface area contributed by atoms with Gasteiger partial charge in [0.2, 0.25) is 0 Å². The van der Waals surface area contributed by atoms with Crippen molar-refractivity contribution < 1.29 is 14.3 Å². The molecule has 0 spiro atoms. The molecule has 0 bridgehead atoms. The molecule has 0 aliphatic carbocycles. The molecular formula is C5H6N2O3. The smallest absolute Gasteiger partial charge is 0.333 e. The molecule has 2 atom stereocenters. The highest BCUT2D eigenvalue weighted by Gasteiger charge is 2.46. The highest BCUT2D eigenvalue weighted by atomic mass is 16.6. The largest absolute Gasteiger partial charge is 0.391 e. The van der Waals surface area contributed by atoms with Gasteiger partial charge in [0.15, 0.2) is 0 Å². The van der Waals surface area contributed by atoms with Gasteiger partial charge in [0, 0.05) is 6.67 Å². The Kier molecular flexibility index (Phi) is 1.03. The second-order valence-corrected chi connectivity index (χ2v) is 2.28. The first-order chi connectivity index (χ1) is 4.79. The van der Waals surface area contributed by atoms with E-state index in [0.717, 1.165) is 0 Å². The summed E-state index contributed by atoms with van der Waals surface area (Å²) in [6.07, 6.45) is 0. The van der Waals surface area contributed by atoms with Crippen LogP contribution in [0.1, 0.15) is 0 Å². The van der Waals surface area contributed by atoms with E-state index in [0.29, 0.717) is 6.67 Å². The average molecular weight is 142 g/mol. The first kappa shape index (κ1) is 5.82. The molecule has 2 fully saturated rings. The molecule has 2 N–H and O–H groups in total. The molecule has 0 aromatic carbocycles. The molecule has 0 amide bonds. The van der Waals surface area contributed by atoms with Gasteiger partial charge in [0.1, 0.15) is 12.1 Å². The van der Waals surface area contributed by atoms with Crippen molar-refractivity contribution in [3.8, 4) is 0 Å². The van der Waals surface area contributed by atoms with E-state index in [9.17, 15) is 9.59 Å². The van der Waals surface area contributed by atoms with E-state index in [1.165, 1.54) is 0 Å². The van der Waals surface area contributed by atoms with Gasteiger partial charge in [-0.2, -0.15) is 0 Å². The Morgan fingerprint density at radius 1 is 1.20 bits per heavy atom. The van der Waals surface area contributed by atoms with Crippen molar-refractivity contribution in [1.29, 1.82) is 0 Å². The van der Waals surface area contributed by atoms with Gasteiger partial charge in [-0.15, -0.1) is 0 Å². The number of esters is 2. The number of carbonyl (C=O) groups is 2. The Bertz CT molecular complexity index is 183. The van der Waals surface area contributed by atoms with E-state index in [2.05, 4.69) is 15.4 Å². The Morgan fingerprint density at radius 3 is 2.20 bits per heavy atom. The Hall–Kier alpha value is -0.940. The zero-order chi connectivity index (χ0) is 7.14. The summed E-state index contributed by atoms with van der Waals surface area (Å²) in [6, 6.07) is -0.903. The Balaban J connectivity index is 2.27. The topological polar surface area (TPSA) is 67.4 Å². The van der Waals surface area contributed by atoms with Gasteiger partial charge in [-0.3, -0.25) is 10.6 Å². The van der Waals surface area contributed by atoms with Crippen molar-refractivity contribution in [3.63, 3.8) is 0 Å². The van der Waals surface area contributed by atoms with Crippen molar-refractivity contribution >= 4 is 11.9 Å². The van der Waals surface area contributed by atoms with Crippen molar-refractivity contribution in [2.75, 3.05) is 6.67 Å². The molecule has 2 aliphatic rings. The van der Waals surface area contributed by atoms with Gasteiger partial charge in [0.25, 0.3) is 0 Å². The Labute approximate surface area is 56.7 Å². The van der Waals surface area contributed by atoms with Gasteiger partial charge >= 0.3 is 11.9 Å². The molecule has 2 aliphatic heterocycles. The Morgan fingerprint density at radius 2 is 1.70 bits per heavy atom. The van der Waals surface area contributed by atoms with Crippen molar-refractivity contribution in [3.05, 3.63) is 0 Å². The minimum Gasteiger partial charge on any atom is -0.391 e. The van der Waals surface area contributed by atoms with Crippen LogP contribution in [0.2, 0.25) is 0 Å². The van der Waals surface area contributed by atoms with Gasteiger partial charge < -0.3 is 4.74 Å². The van der Waals surface area contributed by atoms with E-state index >= 15 is 0 Å². The summed E-state index contributed by atoms with van der Waals surface area (Å²) in [5, 5.41) is 5.58. The predicted molar refractivity (Wildman–Crippen MR) is 29.8 cm³/mol. The van der Waals surface area contributed by atoms with E-state index in [1.807, 2.05) is 0 Å². The SMILES string of the molecule is O=C1OC(=O)C2NCNC12. The third kappa shape index (κ3) is 0.585. The number of ether oxygens (including phenoxy) is 1. The minimum atomic E-state index is -0.472. The number of hydrogen-bond donors (Lipinski definition) is 2. The zero-order valence-corrected chi connectivity index (χ0v) is 5.09. The summed E-state index contributed by atoms with van der Waals surface area (Å²) in [4.78, 5) is 21.4. The highest BCUT2D eigenvalue weighted by molar-refractivity contribution is 6.01. The summed E-state index contributed by atoms with van der Waals surface area (Å²) < 4.78 is 4.33. The van der Waals surface area contributed by atoms with Crippen molar-refractivity contribution in [2.24, 2.45) is 0 Å². The minimum absolute atomic E-state index is 0.451. The molecule has 5 heteroatoms. The molecule has 0 saturated carbocycles. The van der Waals surface area contributed by atoms with Crippen LogP contribution in [0.5, 0.6) is 0 Å². The molecule has 2 rings (SSSR count). The lowest BCUT2D eigenvalue weighted by Crippen LogP contribution is -2.35. The van der Waals surface area contributed by atoms with Crippen LogP contribution in [0.3, 0.4) is 0 Å². The van der Waals surface area contributed by atoms with Crippen molar-refractivity contribution in [1.82, 2.24) is 10.6 Å². The van der Waals surface area contributed by atoms with Crippen LogP contribution in [0.4, 0.5) is 0 Å². The molecular weight excluding hydrogens is 136 g/mol. The number of carbonyl (C=O) groups excluding carboxylic acids is 2. The molecule has 54 valence electrons.